The molecule has 1 heterocycles. The third kappa shape index (κ3) is 3.76. The zero-order valence-corrected chi connectivity index (χ0v) is 9.29. The van der Waals surface area contributed by atoms with E-state index in [-0.39, 0.29) is 0 Å². The lowest BCUT2D eigenvalue weighted by atomic mass is 10.1. The fourth-order valence-electron chi connectivity index (χ4n) is 1.10. The van der Waals surface area contributed by atoms with Crippen LogP contribution >= 0.6 is 15.9 Å². The monoisotopic (exact) mass is 244 g/mol. The summed E-state index contributed by atoms with van der Waals surface area (Å²) >= 11 is 3.29. The van der Waals surface area contributed by atoms with Gasteiger partial charge in [-0.1, -0.05) is 26.2 Å². The zero-order chi connectivity index (χ0) is 9.52. The van der Waals surface area contributed by atoms with Crippen LogP contribution in [0.3, 0.4) is 0 Å². The van der Waals surface area contributed by atoms with E-state index >= 15 is 0 Å². The molecule has 72 valence electrons. The van der Waals surface area contributed by atoms with Crippen molar-refractivity contribution in [3.63, 3.8) is 0 Å². The molecule has 0 aliphatic carbocycles. The van der Waals surface area contributed by atoms with Crippen LogP contribution in [0.4, 0.5) is 0 Å². The third-order valence-electron chi connectivity index (χ3n) is 1.84. The molecule has 0 saturated carbocycles. The van der Waals surface area contributed by atoms with Crippen LogP contribution in [-0.2, 0) is 6.42 Å². The number of aromatic nitrogens is 4. The van der Waals surface area contributed by atoms with Crippen LogP contribution in [0.1, 0.15) is 38.3 Å². The smallest absolute Gasteiger partial charge is 0.131 e. The normalized spacial score (nSPS) is 10.3. The molecule has 0 radical (unpaired) electrons. The second-order valence-electron chi connectivity index (χ2n) is 2.93. The molecule has 1 aromatic rings. The van der Waals surface area contributed by atoms with E-state index in [0.29, 0.717) is 0 Å². The van der Waals surface area contributed by atoms with Crippen LogP contribution in [0.25, 0.3) is 0 Å². The first-order valence-electron chi connectivity index (χ1n) is 4.55. The van der Waals surface area contributed by atoms with Gasteiger partial charge in [-0.3, -0.25) is 0 Å². The molecule has 0 aromatic carbocycles. The van der Waals surface area contributed by atoms with Crippen LogP contribution in [-0.4, -0.2) is 20.6 Å². The van der Waals surface area contributed by atoms with E-state index < -0.39 is 0 Å². The Morgan fingerprint density at radius 3 is 2.54 bits per heavy atom. The van der Waals surface area contributed by atoms with Gasteiger partial charge in [0, 0.05) is 0 Å². The minimum atomic E-state index is 0.721. The van der Waals surface area contributed by atoms with Gasteiger partial charge >= 0.3 is 0 Å². The van der Waals surface area contributed by atoms with Crippen molar-refractivity contribution in [2.75, 3.05) is 0 Å². The second kappa shape index (κ2) is 5.96. The van der Waals surface area contributed by atoms with Crippen molar-refractivity contribution in [2.24, 2.45) is 0 Å². The van der Waals surface area contributed by atoms with Gasteiger partial charge in [0.05, 0.1) is 5.69 Å². The Morgan fingerprint density at radius 1 is 1.08 bits per heavy atom. The van der Waals surface area contributed by atoms with E-state index in [9.17, 15) is 0 Å². The molecule has 4 nitrogen and oxygen atoms in total. The maximum atomic E-state index is 3.91. The maximum absolute atomic E-state index is 3.91. The Bertz CT molecular complexity index is 254. The molecule has 0 aliphatic rings. The summed E-state index contributed by atoms with van der Waals surface area (Å²) in [6.45, 7) is 2.20. The lowest BCUT2D eigenvalue weighted by Crippen LogP contribution is -2.00. The van der Waals surface area contributed by atoms with E-state index in [1.807, 2.05) is 0 Å². The molecule has 0 saturated heterocycles. The van der Waals surface area contributed by atoms with Crippen molar-refractivity contribution >= 4 is 15.9 Å². The van der Waals surface area contributed by atoms with Crippen molar-refractivity contribution in [3.05, 3.63) is 10.3 Å². The highest BCUT2D eigenvalue weighted by molar-refractivity contribution is 9.10. The van der Waals surface area contributed by atoms with Gasteiger partial charge in [0.2, 0.25) is 0 Å². The summed E-state index contributed by atoms with van der Waals surface area (Å²) in [6.07, 6.45) is 5.86. The van der Waals surface area contributed by atoms with E-state index in [1.165, 1.54) is 19.3 Å². The Hall–Kier alpha value is -0.580. The van der Waals surface area contributed by atoms with Crippen molar-refractivity contribution in [1.29, 1.82) is 0 Å². The van der Waals surface area contributed by atoms with Crippen LogP contribution in [0.5, 0.6) is 0 Å². The second-order valence-corrected chi connectivity index (χ2v) is 3.68. The van der Waals surface area contributed by atoms with E-state index in [1.54, 1.807) is 0 Å². The van der Waals surface area contributed by atoms with Crippen LogP contribution < -0.4 is 0 Å². The van der Waals surface area contributed by atoms with E-state index in [4.69, 9.17) is 0 Å². The summed E-state index contributed by atoms with van der Waals surface area (Å²) in [5, 5.41) is 14.6. The van der Waals surface area contributed by atoms with Crippen LogP contribution in [0, 0.1) is 0 Å². The van der Waals surface area contributed by atoms with Gasteiger partial charge in [0.1, 0.15) is 0 Å². The number of aryl methyl sites for hydroxylation is 1. The number of nitrogens with zero attached hydrogens (tertiary/aromatic N) is 4. The maximum Gasteiger partial charge on any atom is 0.153 e. The summed E-state index contributed by atoms with van der Waals surface area (Å²) in [5.74, 6) is 0. The largest absolute Gasteiger partial charge is 0.153 e. The lowest BCUT2D eigenvalue weighted by Gasteiger charge is -1.99. The molecule has 1 aromatic heterocycles. The molecule has 0 aliphatic heterocycles. The summed E-state index contributed by atoms with van der Waals surface area (Å²) in [5.41, 5.74) is 0.908. The predicted octanol–water partition coefficient (Wildman–Crippen LogP) is 2.15. The number of hydrogen-bond donors (Lipinski definition) is 0. The average Bonchev–Trinajstić information content (AvgIpc) is 2.15. The van der Waals surface area contributed by atoms with Gasteiger partial charge in [0.25, 0.3) is 0 Å². The molecule has 0 N–H and O–H groups in total. The van der Waals surface area contributed by atoms with Gasteiger partial charge in [0.15, 0.2) is 4.60 Å². The molecule has 0 fully saturated rings. The minimum Gasteiger partial charge on any atom is -0.131 e. The molecule has 13 heavy (non-hydrogen) atoms. The highest BCUT2D eigenvalue weighted by Gasteiger charge is 2.02. The van der Waals surface area contributed by atoms with Crippen LogP contribution in [0.2, 0.25) is 0 Å². The van der Waals surface area contributed by atoms with E-state index in [0.717, 1.165) is 23.1 Å². The summed E-state index contributed by atoms with van der Waals surface area (Å²) in [4.78, 5) is 0. The van der Waals surface area contributed by atoms with Gasteiger partial charge in [-0.2, -0.15) is 0 Å². The fourth-order valence-corrected chi connectivity index (χ4v) is 1.45. The quantitative estimate of drug-likeness (QED) is 0.746. The predicted molar refractivity (Wildman–Crippen MR) is 53.2 cm³/mol. The van der Waals surface area contributed by atoms with Crippen molar-refractivity contribution in [3.8, 4) is 0 Å². The van der Waals surface area contributed by atoms with Gasteiger partial charge < -0.3 is 0 Å². The molecular formula is C8H13BrN4. The molecule has 0 atom stereocenters. The number of halogens is 1. The zero-order valence-electron chi connectivity index (χ0n) is 7.70. The molecule has 0 spiro atoms. The first kappa shape index (κ1) is 10.5. The van der Waals surface area contributed by atoms with Gasteiger partial charge in [-0.15, -0.1) is 10.2 Å². The number of rotatable bonds is 5. The molecule has 0 unspecified atom stereocenters. The average molecular weight is 245 g/mol. The summed E-state index contributed by atoms with van der Waals surface area (Å²) in [7, 11) is 0. The standard InChI is InChI=1S/C8H13BrN4/c1-2-3-4-5-6-7-8(9)11-13-12-10-7/h2-6H2,1H3. The third-order valence-corrected chi connectivity index (χ3v) is 2.46. The number of unbranched alkanes of at least 4 members (excludes halogenated alkanes) is 3. The Labute approximate surface area is 86.3 Å². The fraction of sp³-hybridized carbons (Fsp3) is 0.750. The molecule has 5 heteroatoms. The SMILES string of the molecule is CCCCCCc1nnnnc1Br. The summed E-state index contributed by atoms with van der Waals surface area (Å²) in [6, 6.07) is 0. The first-order chi connectivity index (χ1) is 6.34. The molecule has 0 bridgehead atoms. The Morgan fingerprint density at radius 2 is 1.85 bits per heavy atom. The van der Waals surface area contributed by atoms with Gasteiger partial charge in [-0.05, 0) is 39.2 Å². The van der Waals surface area contributed by atoms with E-state index in [2.05, 4.69) is 43.5 Å². The Kier molecular flexibility index (Phi) is 4.82. The van der Waals surface area contributed by atoms with Gasteiger partial charge in [-0.25, -0.2) is 0 Å². The van der Waals surface area contributed by atoms with Crippen LogP contribution in [0.15, 0.2) is 4.60 Å². The van der Waals surface area contributed by atoms with Crippen molar-refractivity contribution in [2.45, 2.75) is 39.0 Å². The molecule has 1 rings (SSSR count). The van der Waals surface area contributed by atoms with Crippen molar-refractivity contribution in [1.82, 2.24) is 20.6 Å². The number of hydrogen-bond acceptors (Lipinski definition) is 4. The molecule has 0 amide bonds. The first-order valence-corrected chi connectivity index (χ1v) is 5.34. The lowest BCUT2D eigenvalue weighted by molar-refractivity contribution is 0.634. The highest BCUT2D eigenvalue weighted by Crippen LogP contribution is 2.11. The Balaban J connectivity index is 2.32. The molecular weight excluding hydrogens is 232 g/mol. The highest BCUT2D eigenvalue weighted by atomic mass is 79.9. The topological polar surface area (TPSA) is 51.6 Å². The van der Waals surface area contributed by atoms with Crippen molar-refractivity contribution < 1.29 is 0 Å². The minimum absolute atomic E-state index is 0.721. The summed E-state index contributed by atoms with van der Waals surface area (Å²) < 4.78 is 0.721.